The average molecular weight is 663 g/mol. The van der Waals surface area contributed by atoms with Crippen LogP contribution in [0.3, 0.4) is 0 Å². The number of benzene rings is 4. The largest absolute Gasteiger partial charge is 0.309 e. The number of fused-ring (bicyclic) bond motifs is 6. The molecule has 248 valence electrons. The van der Waals surface area contributed by atoms with Crippen molar-refractivity contribution in [3.8, 4) is 5.69 Å². The molecule has 3 aliphatic rings. The SMILES string of the molecule is C=NC(=NC(=NCc1cccc(-n2c3c(c4ccccc42)=CC2C4=CCCC=C4[N+](=C/C=C\C=C/C)C2C=3)c1)c1ccccc1)c1ccccc1. The Morgan fingerprint density at radius 3 is 2.33 bits per heavy atom. The molecule has 0 amide bonds. The van der Waals surface area contributed by atoms with Crippen LogP contribution in [0.5, 0.6) is 0 Å². The van der Waals surface area contributed by atoms with Crippen molar-refractivity contribution >= 4 is 47.7 Å². The molecule has 0 N–H and O–H groups in total. The number of allylic oxidation sites excluding steroid dienone is 7. The van der Waals surface area contributed by atoms with E-state index in [1.165, 1.54) is 32.7 Å². The van der Waals surface area contributed by atoms with Gasteiger partial charge in [0, 0.05) is 45.1 Å². The molecule has 5 aromatic rings. The molecule has 5 heteroatoms. The third kappa shape index (κ3) is 6.23. The first-order valence-electron chi connectivity index (χ1n) is 17.7. The van der Waals surface area contributed by atoms with Gasteiger partial charge in [-0.15, -0.1) is 0 Å². The molecular weight excluding hydrogens is 623 g/mol. The average Bonchev–Trinajstić information content (AvgIpc) is 3.68. The zero-order chi connectivity index (χ0) is 34.6. The van der Waals surface area contributed by atoms with Gasteiger partial charge in [-0.1, -0.05) is 121 Å². The van der Waals surface area contributed by atoms with Gasteiger partial charge in [-0.3, -0.25) is 4.99 Å². The first-order valence-corrected chi connectivity index (χ1v) is 17.7. The molecule has 51 heavy (non-hydrogen) atoms. The van der Waals surface area contributed by atoms with E-state index < -0.39 is 0 Å². The summed E-state index contributed by atoms with van der Waals surface area (Å²) >= 11 is 0. The van der Waals surface area contributed by atoms with Gasteiger partial charge >= 0.3 is 0 Å². The van der Waals surface area contributed by atoms with E-state index in [-0.39, 0.29) is 6.04 Å². The predicted octanol–water partition coefficient (Wildman–Crippen LogP) is 8.12. The molecular formula is C46H40N5+. The second-order valence-electron chi connectivity index (χ2n) is 12.9. The molecule has 2 heterocycles. The summed E-state index contributed by atoms with van der Waals surface area (Å²) < 4.78 is 4.89. The van der Waals surface area contributed by atoms with Gasteiger partial charge in [0.25, 0.3) is 0 Å². The zero-order valence-corrected chi connectivity index (χ0v) is 28.8. The van der Waals surface area contributed by atoms with Gasteiger partial charge in [0.2, 0.25) is 5.70 Å². The molecule has 8 rings (SSSR count). The molecule has 0 saturated carbocycles. The summed E-state index contributed by atoms with van der Waals surface area (Å²) in [4.78, 5) is 14.3. The van der Waals surface area contributed by atoms with Crippen LogP contribution in [0.15, 0.2) is 172 Å². The van der Waals surface area contributed by atoms with E-state index in [1.807, 2.05) is 67.6 Å². The fourth-order valence-electron chi connectivity index (χ4n) is 7.49. The fourth-order valence-corrected chi connectivity index (χ4v) is 7.49. The van der Waals surface area contributed by atoms with E-state index in [4.69, 9.17) is 9.98 Å². The Hall–Kier alpha value is -6.20. The molecule has 1 aromatic heterocycles. The first kappa shape index (κ1) is 32.0. The monoisotopic (exact) mass is 662 g/mol. The Kier molecular flexibility index (Phi) is 9.01. The Morgan fingerprint density at radius 1 is 0.804 bits per heavy atom. The third-order valence-corrected chi connectivity index (χ3v) is 9.78. The quantitative estimate of drug-likeness (QED) is 0.0732. The Labute approximate surface area is 299 Å². The molecule has 2 unspecified atom stereocenters. The van der Waals surface area contributed by atoms with Gasteiger partial charge < -0.3 is 4.57 Å². The van der Waals surface area contributed by atoms with Crippen molar-refractivity contribution in [3.05, 3.63) is 184 Å². The highest BCUT2D eigenvalue weighted by Gasteiger charge is 2.45. The lowest BCUT2D eigenvalue weighted by molar-refractivity contribution is -0.480. The van der Waals surface area contributed by atoms with Crippen molar-refractivity contribution in [2.75, 3.05) is 0 Å². The van der Waals surface area contributed by atoms with E-state index in [9.17, 15) is 0 Å². The molecule has 5 nitrogen and oxygen atoms in total. The maximum Gasteiger partial charge on any atom is 0.205 e. The van der Waals surface area contributed by atoms with E-state index in [1.54, 1.807) is 0 Å². The lowest BCUT2D eigenvalue weighted by atomic mass is 9.88. The topological polar surface area (TPSA) is 45.0 Å². The minimum Gasteiger partial charge on any atom is -0.309 e. The molecule has 2 aliphatic carbocycles. The van der Waals surface area contributed by atoms with E-state index in [2.05, 4.69) is 124 Å². The Balaban J connectivity index is 1.23. The van der Waals surface area contributed by atoms with Crippen LogP contribution in [-0.2, 0) is 6.54 Å². The van der Waals surface area contributed by atoms with Crippen LogP contribution in [0.25, 0.3) is 28.7 Å². The third-order valence-electron chi connectivity index (χ3n) is 9.78. The highest BCUT2D eigenvalue weighted by molar-refractivity contribution is 6.12. The molecule has 1 fully saturated rings. The molecule has 4 aromatic carbocycles. The number of hydrogen-bond donors (Lipinski definition) is 0. The predicted molar refractivity (Wildman–Crippen MR) is 214 cm³/mol. The van der Waals surface area contributed by atoms with Crippen molar-refractivity contribution in [2.45, 2.75) is 32.4 Å². The van der Waals surface area contributed by atoms with E-state index >= 15 is 0 Å². The number of hydrogen-bond acceptors (Lipinski definition) is 1. The van der Waals surface area contributed by atoms with Crippen LogP contribution >= 0.6 is 0 Å². The van der Waals surface area contributed by atoms with Crippen LogP contribution < -0.4 is 10.6 Å². The Morgan fingerprint density at radius 2 is 1.55 bits per heavy atom. The van der Waals surface area contributed by atoms with Crippen LogP contribution in [0.4, 0.5) is 0 Å². The zero-order valence-electron chi connectivity index (χ0n) is 28.8. The first-order chi connectivity index (χ1) is 25.2. The maximum atomic E-state index is 5.07. The number of nitrogens with zero attached hydrogens (tertiary/aromatic N) is 5. The highest BCUT2D eigenvalue weighted by atomic mass is 15.1. The second-order valence-corrected chi connectivity index (χ2v) is 12.9. The number of amidine groups is 2. The maximum absolute atomic E-state index is 5.07. The number of aromatic nitrogens is 1. The van der Waals surface area contributed by atoms with Crippen molar-refractivity contribution in [1.82, 2.24) is 4.57 Å². The van der Waals surface area contributed by atoms with Crippen LogP contribution in [-0.4, -0.2) is 39.8 Å². The van der Waals surface area contributed by atoms with Gasteiger partial charge in [-0.25, -0.2) is 9.98 Å². The summed E-state index contributed by atoms with van der Waals surface area (Å²) in [5.74, 6) is 1.47. The van der Waals surface area contributed by atoms with E-state index in [0.29, 0.717) is 24.1 Å². The minimum absolute atomic E-state index is 0.197. The number of aliphatic imine (C=N–C) groups is 3. The second kappa shape index (κ2) is 14.3. The van der Waals surface area contributed by atoms with Gasteiger partial charge in [-0.2, -0.15) is 4.58 Å². The van der Waals surface area contributed by atoms with Crippen molar-refractivity contribution in [2.24, 2.45) is 20.9 Å². The molecule has 1 aliphatic heterocycles. The lowest BCUT2D eigenvalue weighted by Gasteiger charge is -2.14. The van der Waals surface area contributed by atoms with E-state index in [0.717, 1.165) is 35.2 Å². The lowest BCUT2D eigenvalue weighted by Crippen LogP contribution is -2.38. The molecule has 0 bridgehead atoms. The molecule has 0 radical (unpaired) electrons. The fraction of sp³-hybridized carbons (Fsp3) is 0.130. The molecule has 1 saturated heterocycles. The number of para-hydroxylation sites is 1. The van der Waals surface area contributed by atoms with Crippen molar-refractivity contribution < 1.29 is 4.58 Å². The van der Waals surface area contributed by atoms with Crippen LogP contribution in [0, 0.1) is 5.92 Å². The summed E-state index contributed by atoms with van der Waals surface area (Å²) in [5.41, 5.74) is 8.03. The summed E-state index contributed by atoms with van der Waals surface area (Å²) in [7, 11) is 0. The summed E-state index contributed by atoms with van der Waals surface area (Å²) in [5, 5.41) is 3.81. The molecule has 2 atom stereocenters. The standard InChI is InChI=1S/C46H40N5/c1-3-4-5-16-28-50-41-26-14-12-24-37(41)39-30-40-38-25-13-15-27-42(38)51(44(40)31-43(39)50)36-23-17-18-33(29-36)32-48-46(35-21-10-7-11-22-35)49-45(47-2)34-19-8-6-9-20-34/h3-11,13,15-31,39,43H,2,12,14,32H2,1H3/q+1/b4-3-,16-5-,48-46?,49-45?,50-28?. The number of rotatable bonds is 7. The summed E-state index contributed by atoms with van der Waals surface area (Å²) in [6.07, 6.45) is 22.7. The van der Waals surface area contributed by atoms with Crippen LogP contribution in [0.1, 0.15) is 36.5 Å². The molecule has 0 spiro atoms. The van der Waals surface area contributed by atoms with Crippen molar-refractivity contribution in [3.63, 3.8) is 0 Å². The van der Waals surface area contributed by atoms with Gasteiger partial charge in [-0.05, 0) is 56.3 Å². The highest BCUT2D eigenvalue weighted by Crippen LogP contribution is 2.40. The summed E-state index contributed by atoms with van der Waals surface area (Å²) in [6, 6.07) is 37.7. The Bertz CT molecular complexity index is 2470. The summed E-state index contributed by atoms with van der Waals surface area (Å²) in [6.45, 7) is 6.32. The van der Waals surface area contributed by atoms with Gasteiger partial charge in [0.1, 0.15) is 0 Å². The smallest absolute Gasteiger partial charge is 0.205 e. The van der Waals surface area contributed by atoms with Gasteiger partial charge in [0.05, 0.1) is 23.3 Å². The van der Waals surface area contributed by atoms with Crippen molar-refractivity contribution in [1.29, 1.82) is 0 Å². The minimum atomic E-state index is 0.197. The van der Waals surface area contributed by atoms with Gasteiger partial charge in [0.15, 0.2) is 23.9 Å². The normalized spacial score (nSPS) is 19.4. The van der Waals surface area contributed by atoms with Crippen LogP contribution in [0.2, 0.25) is 0 Å².